The summed E-state index contributed by atoms with van der Waals surface area (Å²) in [6, 6.07) is 4.05. The number of aliphatic imine (C=N–C) groups is 2. The third-order valence-electron chi connectivity index (χ3n) is 3.86. The molecule has 0 fully saturated rings. The summed E-state index contributed by atoms with van der Waals surface area (Å²) < 4.78 is 68.3. The average Bonchev–Trinajstić information content (AvgIpc) is 2.64. The molecule has 3 rings (SSSR count). The van der Waals surface area contributed by atoms with Gasteiger partial charge in [0.25, 0.3) is 0 Å². The molecule has 2 N–H and O–H groups in total. The fraction of sp³-hybridized carbons (Fsp3) is 0.176. The Morgan fingerprint density at radius 2 is 1.65 bits per heavy atom. The number of amidine groups is 1. The van der Waals surface area contributed by atoms with Crippen LogP contribution in [0.5, 0.6) is 0 Å². The summed E-state index contributed by atoms with van der Waals surface area (Å²) in [4.78, 5) is 8.13. The summed E-state index contributed by atoms with van der Waals surface area (Å²) in [6.45, 7) is 1.50. The van der Waals surface area contributed by atoms with Gasteiger partial charge in [0.05, 0.1) is 27.5 Å². The van der Waals surface area contributed by atoms with E-state index in [0.29, 0.717) is 0 Å². The number of hydrogen-bond acceptors (Lipinski definition) is 3. The summed E-state index contributed by atoms with van der Waals surface area (Å²) >= 11 is 5.97. The van der Waals surface area contributed by atoms with Gasteiger partial charge >= 0.3 is 6.18 Å². The molecule has 1 aliphatic heterocycles. The Morgan fingerprint density at radius 1 is 1.04 bits per heavy atom. The van der Waals surface area contributed by atoms with Crippen molar-refractivity contribution < 1.29 is 22.0 Å². The lowest BCUT2D eigenvalue weighted by molar-refractivity contribution is -0.137. The predicted octanol–water partition coefficient (Wildman–Crippen LogP) is 4.87. The molecule has 0 spiro atoms. The van der Waals surface area contributed by atoms with Crippen LogP contribution in [0.15, 0.2) is 40.3 Å². The van der Waals surface area contributed by atoms with Crippen molar-refractivity contribution in [3.05, 3.63) is 63.7 Å². The monoisotopic (exact) mass is 387 g/mol. The lowest BCUT2D eigenvalue weighted by atomic mass is 9.97. The number of fused-ring (bicyclic) bond motifs is 1. The lowest BCUT2D eigenvalue weighted by Gasteiger charge is -2.16. The molecule has 0 saturated heterocycles. The molecule has 0 bridgehead atoms. The van der Waals surface area contributed by atoms with Crippen LogP contribution in [0, 0.1) is 11.6 Å². The minimum Gasteiger partial charge on any atom is -0.385 e. The summed E-state index contributed by atoms with van der Waals surface area (Å²) in [5.74, 6) is -2.00. The van der Waals surface area contributed by atoms with Crippen LogP contribution in [0.25, 0.3) is 0 Å². The lowest BCUT2D eigenvalue weighted by Crippen LogP contribution is -2.24. The van der Waals surface area contributed by atoms with Gasteiger partial charge in [-0.1, -0.05) is 17.7 Å². The molecule has 0 radical (unpaired) electrons. The molecular formula is C17H11ClF5N3. The molecule has 1 atom stereocenters. The second-order valence-corrected chi connectivity index (χ2v) is 5.98. The van der Waals surface area contributed by atoms with Crippen molar-refractivity contribution in [3.8, 4) is 0 Å². The van der Waals surface area contributed by atoms with Crippen molar-refractivity contribution in [2.45, 2.75) is 19.1 Å². The summed E-state index contributed by atoms with van der Waals surface area (Å²) in [5, 5.41) is -0.748. The molecule has 26 heavy (non-hydrogen) atoms. The fourth-order valence-electron chi connectivity index (χ4n) is 2.57. The topological polar surface area (TPSA) is 50.7 Å². The zero-order valence-corrected chi connectivity index (χ0v) is 14.0. The number of hydrogen-bond donors (Lipinski definition) is 1. The van der Waals surface area contributed by atoms with Gasteiger partial charge in [-0.05, 0) is 31.2 Å². The van der Waals surface area contributed by atoms with E-state index < -0.39 is 40.0 Å². The largest absolute Gasteiger partial charge is 0.417 e. The number of halogens is 6. The Balaban J connectivity index is 2.40. The van der Waals surface area contributed by atoms with Crippen LogP contribution in [0.4, 0.5) is 27.6 Å². The molecule has 2 aromatic carbocycles. The molecule has 3 nitrogen and oxygen atoms in total. The van der Waals surface area contributed by atoms with E-state index in [-0.39, 0.29) is 22.8 Å². The number of nitrogens with two attached hydrogens (primary N) is 1. The highest BCUT2D eigenvalue weighted by Crippen LogP contribution is 2.42. The van der Waals surface area contributed by atoms with Gasteiger partial charge in [0.2, 0.25) is 0 Å². The quantitative estimate of drug-likeness (QED) is 0.698. The minimum absolute atomic E-state index is 0.0196. The van der Waals surface area contributed by atoms with Crippen molar-refractivity contribution in [1.82, 2.24) is 0 Å². The normalized spacial score (nSPS) is 17.3. The molecular weight excluding hydrogens is 377 g/mol. The van der Waals surface area contributed by atoms with Gasteiger partial charge in [-0.25, -0.2) is 13.8 Å². The molecule has 136 valence electrons. The maximum absolute atomic E-state index is 14.3. The number of alkyl halides is 3. The van der Waals surface area contributed by atoms with Gasteiger partial charge in [-0.15, -0.1) is 0 Å². The highest BCUT2D eigenvalue weighted by Gasteiger charge is 2.37. The smallest absolute Gasteiger partial charge is 0.385 e. The molecule has 1 aliphatic rings. The van der Waals surface area contributed by atoms with Crippen molar-refractivity contribution in [2.75, 3.05) is 0 Å². The molecule has 0 saturated carbocycles. The van der Waals surface area contributed by atoms with Crippen LogP contribution in [0.1, 0.15) is 23.6 Å². The van der Waals surface area contributed by atoms with Crippen molar-refractivity contribution in [1.29, 1.82) is 0 Å². The second-order valence-electron chi connectivity index (χ2n) is 5.61. The number of nitrogens with zero attached hydrogens (tertiary/aromatic N) is 2. The Labute approximate surface area is 150 Å². The molecule has 0 aliphatic carbocycles. The number of rotatable bonds is 1. The first-order valence-corrected chi connectivity index (χ1v) is 7.75. The molecule has 1 unspecified atom stereocenters. The van der Waals surface area contributed by atoms with E-state index in [1.165, 1.54) is 6.92 Å². The summed E-state index contributed by atoms with van der Waals surface area (Å²) in [7, 11) is 0. The maximum atomic E-state index is 14.3. The van der Waals surface area contributed by atoms with Crippen LogP contribution in [-0.4, -0.2) is 17.6 Å². The van der Waals surface area contributed by atoms with Crippen LogP contribution in [0.2, 0.25) is 5.02 Å². The van der Waals surface area contributed by atoms with Gasteiger partial charge in [-0.2, -0.15) is 13.2 Å². The van der Waals surface area contributed by atoms with Gasteiger partial charge in [0.15, 0.2) is 0 Å². The Morgan fingerprint density at radius 3 is 2.23 bits per heavy atom. The SMILES string of the molecule is CC1N=C(c2c(F)cccc2F)c2c(ccc(C(F)(F)F)c2Cl)N=C1N. The van der Waals surface area contributed by atoms with Crippen LogP contribution in [-0.2, 0) is 6.18 Å². The van der Waals surface area contributed by atoms with Crippen LogP contribution < -0.4 is 5.73 Å². The van der Waals surface area contributed by atoms with E-state index in [2.05, 4.69) is 9.98 Å². The third-order valence-corrected chi connectivity index (χ3v) is 4.25. The van der Waals surface area contributed by atoms with E-state index >= 15 is 0 Å². The van der Waals surface area contributed by atoms with Crippen molar-refractivity contribution in [2.24, 2.45) is 15.7 Å². The van der Waals surface area contributed by atoms with Crippen LogP contribution in [0.3, 0.4) is 0 Å². The summed E-state index contributed by atoms with van der Waals surface area (Å²) in [5.41, 5.74) is 3.28. The van der Waals surface area contributed by atoms with E-state index in [0.717, 1.165) is 30.3 Å². The first-order chi connectivity index (χ1) is 12.1. The van der Waals surface area contributed by atoms with E-state index in [9.17, 15) is 22.0 Å². The molecule has 9 heteroatoms. The fourth-order valence-corrected chi connectivity index (χ4v) is 2.93. The molecule has 2 aromatic rings. The first kappa shape index (κ1) is 18.3. The van der Waals surface area contributed by atoms with Gasteiger partial charge in [-0.3, -0.25) is 4.99 Å². The average molecular weight is 388 g/mol. The Kier molecular flexibility index (Phi) is 4.47. The number of benzene rings is 2. The zero-order chi connectivity index (χ0) is 19.2. The van der Waals surface area contributed by atoms with E-state index in [4.69, 9.17) is 17.3 Å². The van der Waals surface area contributed by atoms with E-state index in [1.807, 2.05) is 0 Å². The Hall–Kier alpha value is -2.48. The third kappa shape index (κ3) is 3.05. The minimum atomic E-state index is -4.77. The molecule has 0 amide bonds. The van der Waals surface area contributed by atoms with E-state index in [1.54, 1.807) is 0 Å². The van der Waals surface area contributed by atoms with Crippen molar-refractivity contribution >= 4 is 28.8 Å². The van der Waals surface area contributed by atoms with Gasteiger partial charge in [0, 0.05) is 5.56 Å². The summed E-state index contributed by atoms with van der Waals surface area (Å²) in [6.07, 6.45) is -4.77. The van der Waals surface area contributed by atoms with Crippen LogP contribution >= 0.6 is 11.6 Å². The predicted molar refractivity (Wildman–Crippen MR) is 89.2 cm³/mol. The molecule has 0 aromatic heterocycles. The van der Waals surface area contributed by atoms with Gasteiger partial charge < -0.3 is 5.73 Å². The molecule has 1 heterocycles. The highest BCUT2D eigenvalue weighted by atomic mass is 35.5. The highest BCUT2D eigenvalue weighted by molar-refractivity contribution is 6.37. The standard InChI is InChI=1S/C17H11ClF5N3/c1-7-16(24)26-11-6-5-8(17(21,22)23)14(18)13(11)15(25-7)12-9(19)3-2-4-10(12)20/h2-7H,1H3,(H2,24,26). The zero-order valence-electron chi connectivity index (χ0n) is 13.2. The van der Waals surface area contributed by atoms with Gasteiger partial charge in [0.1, 0.15) is 23.5 Å². The van der Waals surface area contributed by atoms with Crippen molar-refractivity contribution in [3.63, 3.8) is 0 Å². The maximum Gasteiger partial charge on any atom is 0.417 e. The Bertz CT molecular complexity index is 930. The first-order valence-electron chi connectivity index (χ1n) is 7.37. The second kappa shape index (κ2) is 6.35.